The largest absolute Gasteiger partial charge is 0.358 e. The Morgan fingerprint density at radius 3 is 3.10 bits per heavy atom. The van der Waals surface area contributed by atoms with Gasteiger partial charge < -0.3 is 10.6 Å². The molecule has 4 amide bonds. The zero-order valence-electron chi connectivity index (χ0n) is 11.1. The lowest BCUT2D eigenvalue weighted by atomic mass is 9.80. The first-order valence-corrected chi connectivity index (χ1v) is 7.38. The van der Waals surface area contributed by atoms with Crippen LogP contribution in [0.5, 0.6) is 0 Å². The van der Waals surface area contributed by atoms with Crippen LogP contribution in [0.25, 0.3) is 0 Å². The van der Waals surface area contributed by atoms with Gasteiger partial charge in [-0.05, 0) is 30.7 Å². The van der Waals surface area contributed by atoms with E-state index in [0.29, 0.717) is 6.42 Å². The summed E-state index contributed by atoms with van der Waals surface area (Å²) in [5.41, 5.74) is -0.0647. The Labute approximate surface area is 120 Å². The van der Waals surface area contributed by atoms with Crippen LogP contribution in [0.3, 0.4) is 0 Å². The Kier molecular flexibility index (Phi) is 3.01. The molecule has 0 unspecified atom stereocenters. The molecule has 0 radical (unpaired) electrons. The Morgan fingerprint density at radius 1 is 1.55 bits per heavy atom. The van der Waals surface area contributed by atoms with Gasteiger partial charge in [-0.25, -0.2) is 4.79 Å². The van der Waals surface area contributed by atoms with E-state index in [4.69, 9.17) is 0 Å². The van der Waals surface area contributed by atoms with Gasteiger partial charge in [0.15, 0.2) is 0 Å². The minimum Gasteiger partial charge on any atom is -0.358 e. The monoisotopic (exact) mass is 293 g/mol. The van der Waals surface area contributed by atoms with Gasteiger partial charge in [0, 0.05) is 17.5 Å². The molecule has 7 heteroatoms. The number of hydrogen-bond donors (Lipinski definition) is 2. The molecule has 3 rings (SSSR count). The average Bonchev–Trinajstić information content (AvgIpc) is 3.00. The van der Waals surface area contributed by atoms with Crippen molar-refractivity contribution < 1.29 is 14.4 Å². The second kappa shape index (κ2) is 4.59. The van der Waals surface area contributed by atoms with Gasteiger partial charge in [-0.2, -0.15) is 0 Å². The lowest BCUT2D eigenvalue weighted by Crippen LogP contribution is -2.46. The van der Waals surface area contributed by atoms with Gasteiger partial charge in [-0.15, -0.1) is 11.3 Å². The molecule has 2 N–H and O–H groups in total. The molecule has 1 atom stereocenters. The van der Waals surface area contributed by atoms with Crippen LogP contribution in [-0.4, -0.2) is 36.3 Å². The molecule has 1 saturated heterocycles. The lowest BCUT2D eigenvalue weighted by molar-refractivity contribution is -0.135. The zero-order valence-corrected chi connectivity index (χ0v) is 11.9. The van der Waals surface area contributed by atoms with Gasteiger partial charge in [0.1, 0.15) is 12.1 Å². The number of aryl methyl sites for hydroxylation is 1. The fourth-order valence-corrected chi connectivity index (χ4v) is 3.91. The second-order valence-electron chi connectivity index (χ2n) is 5.01. The molecule has 20 heavy (non-hydrogen) atoms. The maximum absolute atomic E-state index is 12.7. The van der Waals surface area contributed by atoms with Crippen LogP contribution in [-0.2, 0) is 21.5 Å². The van der Waals surface area contributed by atoms with E-state index in [2.05, 4.69) is 10.6 Å². The maximum atomic E-state index is 12.7. The highest BCUT2D eigenvalue weighted by Crippen LogP contribution is 2.41. The Morgan fingerprint density at radius 2 is 2.35 bits per heavy atom. The molecule has 0 saturated carbocycles. The van der Waals surface area contributed by atoms with Gasteiger partial charge in [-0.1, -0.05) is 0 Å². The summed E-state index contributed by atoms with van der Waals surface area (Å²) in [7, 11) is 1.48. The van der Waals surface area contributed by atoms with Gasteiger partial charge in [0.25, 0.3) is 5.91 Å². The van der Waals surface area contributed by atoms with Crippen LogP contribution in [0, 0.1) is 0 Å². The fraction of sp³-hybridized carbons (Fsp3) is 0.462. The van der Waals surface area contributed by atoms with Crippen molar-refractivity contribution in [2.45, 2.75) is 24.8 Å². The van der Waals surface area contributed by atoms with Crippen molar-refractivity contribution in [1.82, 2.24) is 15.5 Å². The lowest BCUT2D eigenvalue weighted by Gasteiger charge is -2.31. The van der Waals surface area contributed by atoms with Crippen LogP contribution in [0.1, 0.15) is 23.3 Å². The number of carbonyl (C=O) groups excluding carboxylic acids is 3. The van der Waals surface area contributed by atoms with Crippen molar-refractivity contribution in [2.24, 2.45) is 0 Å². The van der Waals surface area contributed by atoms with Crippen LogP contribution in [0.15, 0.2) is 11.4 Å². The van der Waals surface area contributed by atoms with Crippen molar-refractivity contribution in [2.75, 3.05) is 13.6 Å². The van der Waals surface area contributed by atoms with E-state index in [1.54, 1.807) is 11.3 Å². The number of rotatable bonds is 2. The van der Waals surface area contributed by atoms with Crippen molar-refractivity contribution >= 4 is 29.2 Å². The van der Waals surface area contributed by atoms with Crippen molar-refractivity contribution in [3.63, 3.8) is 0 Å². The minimum atomic E-state index is -0.960. The van der Waals surface area contributed by atoms with Crippen LogP contribution in [0.4, 0.5) is 4.79 Å². The molecule has 1 aromatic heterocycles. The molecule has 1 fully saturated rings. The summed E-state index contributed by atoms with van der Waals surface area (Å²) in [6.07, 6.45) is 2.38. The Balaban J connectivity index is 1.96. The Bertz CT molecular complexity index is 597. The standard InChI is InChI=1S/C13H15N3O3S/c1-14-10(17)7-16-11(18)13(15-12(16)19)5-2-3-9-8(13)4-6-20-9/h4,6H,2-3,5,7H2,1H3,(H,14,17)(H,15,19)/t13-/m0/s1. The van der Waals surface area contributed by atoms with E-state index in [9.17, 15) is 14.4 Å². The first-order valence-electron chi connectivity index (χ1n) is 6.50. The number of urea groups is 1. The third-order valence-corrected chi connectivity index (χ3v) is 4.90. The first kappa shape index (κ1) is 13.1. The Hall–Kier alpha value is -1.89. The summed E-state index contributed by atoms with van der Waals surface area (Å²) in [5, 5.41) is 7.18. The molecule has 0 bridgehead atoms. The quantitative estimate of drug-likeness (QED) is 0.783. The summed E-state index contributed by atoms with van der Waals surface area (Å²) in [6.45, 7) is -0.234. The highest BCUT2D eigenvalue weighted by Gasteiger charge is 2.54. The molecule has 106 valence electrons. The van der Waals surface area contributed by atoms with Crippen molar-refractivity contribution in [1.29, 1.82) is 0 Å². The predicted molar refractivity (Wildman–Crippen MR) is 73.2 cm³/mol. The molecule has 0 aromatic carbocycles. The van der Waals surface area contributed by atoms with E-state index < -0.39 is 11.6 Å². The molecule has 1 aliphatic carbocycles. The van der Waals surface area contributed by atoms with E-state index >= 15 is 0 Å². The maximum Gasteiger partial charge on any atom is 0.325 e. The van der Waals surface area contributed by atoms with Crippen LogP contribution < -0.4 is 10.6 Å². The topological polar surface area (TPSA) is 78.5 Å². The van der Waals surface area contributed by atoms with Gasteiger partial charge in [0.05, 0.1) is 0 Å². The smallest absolute Gasteiger partial charge is 0.325 e. The second-order valence-corrected chi connectivity index (χ2v) is 6.01. The zero-order chi connectivity index (χ0) is 14.3. The molecule has 1 spiro atoms. The fourth-order valence-electron chi connectivity index (χ4n) is 2.91. The van der Waals surface area contributed by atoms with Crippen molar-refractivity contribution in [3.8, 4) is 0 Å². The molecule has 6 nitrogen and oxygen atoms in total. The third-order valence-electron chi connectivity index (χ3n) is 3.92. The summed E-state index contributed by atoms with van der Waals surface area (Å²) in [6, 6.07) is 1.42. The number of fused-ring (bicyclic) bond motifs is 2. The predicted octanol–water partition coefficient (Wildman–Crippen LogP) is 0.577. The molecule has 1 aromatic rings. The number of carbonyl (C=O) groups is 3. The highest BCUT2D eigenvalue weighted by atomic mass is 32.1. The average molecular weight is 293 g/mol. The highest BCUT2D eigenvalue weighted by molar-refractivity contribution is 7.10. The van der Waals surface area contributed by atoms with Crippen molar-refractivity contribution in [3.05, 3.63) is 21.9 Å². The molecule has 2 aliphatic rings. The number of likely N-dealkylation sites (N-methyl/N-ethyl adjacent to an activating group) is 1. The number of nitrogens with zero attached hydrogens (tertiary/aromatic N) is 1. The minimum absolute atomic E-state index is 0.234. The van der Waals surface area contributed by atoms with Gasteiger partial charge >= 0.3 is 6.03 Å². The number of imide groups is 1. The molecule has 1 aliphatic heterocycles. The third kappa shape index (κ3) is 1.73. The van der Waals surface area contributed by atoms with E-state index in [1.807, 2.05) is 11.4 Å². The van der Waals surface area contributed by atoms with E-state index in [1.165, 1.54) is 7.05 Å². The molecular formula is C13H15N3O3S. The van der Waals surface area contributed by atoms with Crippen LogP contribution >= 0.6 is 11.3 Å². The first-order chi connectivity index (χ1) is 9.58. The number of amides is 4. The molecule has 2 heterocycles. The van der Waals surface area contributed by atoms with Crippen LogP contribution in [0.2, 0.25) is 0 Å². The normalized spacial score (nSPS) is 24.8. The number of nitrogens with one attached hydrogen (secondary N) is 2. The van der Waals surface area contributed by atoms with Gasteiger partial charge in [-0.3, -0.25) is 14.5 Å². The van der Waals surface area contributed by atoms with Gasteiger partial charge in [0.2, 0.25) is 5.91 Å². The summed E-state index contributed by atoms with van der Waals surface area (Å²) in [5.74, 6) is -0.669. The summed E-state index contributed by atoms with van der Waals surface area (Å²) < 4.78 is 0. The number of hydrogen-bond acceptors (Lipinski definition) is 4. The van der Waals surface area contributed by atoms with E-state index in [-0.39, 0.29) is 18.4 Å². The van der Waals surface area contributed by atoms with E-state index in [0.717, 1.165) is 28.2 Å². The SMILES string of the molecule is CNC(=O)CN1C(=O)N[C@]2(CCCc3sccc32)C1=O. The summed E-state index contributed by atoms with van der Waals surface area (Å²) >= 11 is 1.61. The summed E-state index contributed by atoms with van der Waals surface area (Å²) in [4.78, 5) is 38.3. The number of thiophene rings is 1. The molecular weight excluding hydrogens is 278 g/mol.